The van der Waals surface area contributed by atoms with Crippen LogP contribution < -0.4 is 0 Å². The quantitative estimate of drug-likeness (QED) is 0.414. The van der Waals surface area contributed by atoms with Gasteiger partial charge >= 0.3 is 11.2 Å². The second kappa shape index (κ2) is 3.86. The minimum atomic E-state index is -5.82. The fourth-order valence-corrected chi connectivity index (χ4v) is 3.41. The zero-order valence-corrected chi connectivity index (χ0v) is 10.4. The molecule has 5 unspecified atom stereocenters. The minimum absolute atomic E-state index is 0.0139. The van der Waals surface area contributed by atoms with Crippen molar-refractivity contribution in [2.24, 2.45) is 17.8 Å². The van der Waals surface area contributed by atoms with Crippen LogP contribution in [0.3, 0.4) is 0 Å². The molecule has 0 amide bonds. The van der Waals surface area contributed by atoms with Gasteiger partial charge < -0.3 is 14.0 Å². The van der Waals surface area contributed by atoms with E-state index in [2.05, 4.69) is 4.74 Å². The van der Waals surface area contributed by atoms with E-state index in [1.165, 1.54) is 0 Å². The average molecular weight is 297 g/mol. The highest BCUT2D eigenvalue weighted by Gasteiger charge is 2.65. The molecule has 9 heteroatoms. The largest absolute Gasteiger partial charge is 0.743 e. The van der Waals surface area contributed by atoms with E-state index in [4.69, 9.17) is 4.74 Å². The smallest absolute Gasteiger partial charge is 0.367 e. The van der Waals surface area contributed by atoms with Gasteiger partial charge in [-0.2, -0.15) is 8.78 Å². The van der Waals surface area contributed by atoms with Gasteiger partial charge in [0, 0.05) is 5.92 Å². The predicted molar refractivity (Wildman–Crippen MR) is 54.0 cm³/mol. The Morgan fingerprint density at radius 3 is 2.58 bits per heavy atom. The van der Waals surface area contributed by atoms with Gasteiger partial charge in [-0.15, -0.1) is 0 Å². The molecule has 5 atom stereocenters. The number of carbonyl (C=O) groups is 1. The average Bonchev–Trinajstić information content (AvgIpc) is 2.90. The number of hydrogen-bond donors (Lipinski definition) is 0. The van der Waals surface area contributed by atoms with E-state index >= 15 is 0 Å². The summed E-state index contributed by atoms with van der Waals surface area (Å²) >= 11 is 0. The highest BCUT2D eigenvalue weighted by atomic mass is 32.2. The first-order chi connectivity index (χ1) is 8.71. The molecule has 0 aromatic carbocycles. The molecule has 6 nitrogen and oxygen atoms in total. The van der Waals surface area contributed by atoms with Crippen molar-refractivity contribution in [1.29, 1.82) is 0 Å². The van der Waals surface area contributed by atoms with E-state index in [1.807, 2.05) is 0 Å². The van der Waals surface area contributed by atoms with Gasteiger partial charge in [0.25, 0.3) is 0 Å². The lowest BCUT2D eigenvalue weighted by molar-refractivity contribution is -0.156. The Hall–Kier alpha value is -0.800. The Morgan fingerprint density at radius 2 is 2.05 bits per heavy atom. The van der Waals surface area contributed by atoms with E-state index in [0.29, 0.717) is 6.42 Å². The van der Waals surface area contributed by atoms with Gasteiger partial charge in [-0.05, 0) is 18.8 Å². The number of halogens is 2. The van der Waals surface area contributed by atoms with E-state index in [0.717, 1.165) is 6.42 Å². The molecule has 3 rings (SSSR count). The normalized spacial score (nSPS) is 40.1. The molecular formula is C10H11F2O6S-. The van der Waals surface area contributed by atoms with Crippen LogP contribution in [-0.2, 0) is 24.4 Å². The lowest BCUT2D eigenvalue weighted by Gasteiger charge is -2.22. The number of epoxide rings is 1. The molecule has 0 N–H and O–H groups in total. The number of ether oxygens (including phenoxy) is 2. The standard InChI is InChI=1S/C10H12F2O6S/c11-10(12,19(14,15)16)3-17-9(13)6-2-4-1-5(6)8-7(4)18-8/h4-8H,1-3H2,(H,14,15,16)/p-1. The number of rotatable bonds is 4. The molecule has 2 bridgehead atoms. The Bertz CT molecular complexity index is 518. The zero-order chi connectivity index (χ0) is 14.0. The highest BCUT2D eigenvalue weighted by Crippen LogP contribution is 2.59. The number of fused-ring (bicyclic) bond motifs is 5. The van der Waals surface area contributed by atoms with Crippen LogP contribution in [0.2, 0.25) is 0 Å². The van der Waals surface area contributed by atoms with Crippen LogP contribution in [0.4, 0.5) is 8.78 Å². The third-order valence-electron chi connectivity index (χ3n) is 4.15. The summed E-state index contributed by atoms with van der Waals surface area (Å²) in [4.78, 5) is 11.7. The summed E-state index contributed by atoms with van der Waals surface area (Å²) in [5, 5.41) is -4.58. The molecule has 0 spiro atoms. The van der Waals surface area contributed by atoms with Crippen LogP contribution in [0.5, 0.6) is 0 Å². The van der Waals surface area contributed by atoms with Crippen molar-refractivity contribution in [1.82, 2.24) is 0 Å². The second-order valence-corrected chi connectivity index (χ2v) is 6.77. The summed E-state index contributed by atoms with van der Waals surface area (Å²) in [5.74, 6) is -1.17. The van der Waals surface area contributed by atoms with Gasteiger partial charge in [0.1, 0.15) is 0 Å². The van der Waals surface area contributed by atoms with Gasteiger partial charge in [0.2, 0.25) is 0 Å². The lowest BCUT2D eigenvalue weighted by atomic mass is 9.89. The number of alkyl halides is 2. The molecule has 19 heavy (non-hydrogen) atoms. The topological polar surface area (TPSA) is 96.0 Å². The summed E-state index contributed by atoms with van der Waals surface area (Å²) in [5.41, 5.74) is 0. The SMILES string of the molecule is O=C(OCC(F)(F)S(=O)(=O)[O-])C1CC2CC1C1OC21. The first-order valence-corrected chi connectivity index (χ1v) is 7.27. The van der Waals surface area contributed by atoms with Gasteiger partial charge in [-0.25, -0.2) is 8.42 Å². The Morgan fingerprint density at radius 1 is 1.37 bits per heavy atom. The minimum Gasteiger partial charge on any atom is -0.743 e. The van der Waals surface area contributed by atoms with Gasteiger partial charge in [0.15, 0.2) is 16.7 Å². The number of carbonyl (C=O) groups excluding carboxylic acids is 1. The molecule has 0 aromatic heterocycles. The molecule has 1 heterocycles. The van der Waals surface area contributed by atoms with Crippen molar-refractivity contribution in [3.63, 3.8) is 0 Å². The van der Waals surface area contributed by atoms with Crippen molar-refractivity contribution in [2.45, 2.75) is 30.3 Å². The van der Waals surface area contributed by atoms with Crippen LogP contribution in [0, 0.1) is 17.8 Å². The molecule has 0 aromatic rings. The maximum absolute atomic E-state index is 12.8. The van der Waals surface area contributed by atoms with E-state index in [-0.39, 0.29) is 24.0 Å². The molecule has 2 saturated carbocycles. The van der Waals surface area contributed by atoms with Gasteiger partial charge in [-0.1, -0.05) is 0 Å². The third-order valence-corrected chi connectivity index (χ3v) is 5.00. The predicted octanol–water partition coefficient (Wildman–Crippen LogP) is 0.0910. The molecule has 2 aliphatic carbocycles. The summed E-state index contributed by atoms with van der Waals surface area (Å²) in [6.45, 7) is -1.72. The first-order valence-electron chi connectivity index (χ1n) is 5.86. The molecule has 0 radical (unpaired) electrons. The second-order valence-electron chi connectivity index (χ2n) is 5.27. The molecule has 108 valence electrons. The van der Waals surface area contributed by atoms with Crippen molar-refractivity contribution in [3.05, 3.63) is 0 Å². The monoisotopic (exact) mass is 297 g/mol. The molecule has 1 saturated heterocycles. The lowest BCUT2D eigenvalue weighted by Crippen LogP contribution is -2.37. The maximum atomic E-state index is 12.8. The first kappa shape index (κ1) is 13.2. The molecular weight excluding hydrogens is 286 g/mol. The Labute approximate surface area is 107 Å². The van der Waals surface area contributed by atoms with Crippen LogP contribution in [0.1, 0.15) is 12.8 Å². The molecule has 1 aliphatic heterocycles. The highest BCUT2D eigenvalue weighted by molar-refractivity contribution is 7.86. The van der Waals surface area contributed by atoms with Crippen molar-refractivity contribution >= 4 is 16.1 Å². The van der Waals surface area contributed by atoms with Crippen molar-refractivity contribution in [2.75, 3.05) is 6.61 Å². The molecule has 3 aliphatic rings. The molecule has 3 fully saturated rings. The van der Waals surface area contributed by atoms with Crippen LogP contribution in [-0.4, -0.2) is 43.0 Å². The fraction of sp³-hybridized carbons (Fsp3) is 0.900. The Balaban J connectivity index is 1.58. The number of esters is 1. The fourth-order valence-electron chi connectivity index (χ4n) is 3.21. The summed E-state index contributed by atoms with van der Waals surface area (Å²) in [7, 11) is -5.82. The summed E-state index contributed by atoms with van der Waals surface area (Å²) < 4.78 is 66.1. The van der Waals surface area contributed by atoms with E-state index in [9.17, 15) is 26.5 Å². The van der Waals surface area contributed by atoms with Crippen LogP contribution in [0.25, 0.3) is 0 Å². The number of hydrogen-bond acceptors (Lipinski definition) is 6. The van der Waals surface area contributed by atoms with E-state index < -0.39 is 33.9 Å². The zero-order valence-electron chi connectivity index (χ0n) is 9.62. The van der Waals surface area contributed by atoms with Crippen LogP contribution in [0.15, 0.2) is 0 Å². The van der Waals surface area contributed by atoms with Crippen LogP contribution >= 0.6 is 0 Å². The Kier molecular flexibility index (Phi) is 2.68. The van der Waals surface area contributed by atoms with E-state index in [1.54, 1.807) is 0 Å². The maximum Gasteiger partial charge on any atom is 0.367 e. The van der Waals surface area contributed by atoms with Gasteiger partial charge in [-0.3, -0.25) is 4.79 Å². The summed E-state index contributed by atoms with van der Waals surface area (Å²) in [6.07, 6.45) is 1.53. The third kappa shape index (κ3) is 2.03. The van der Waals surface area contributed by atoms with Gasteiger partial charge in [0.05, 0.1) is 18.1 Å². The van der Waals surface area contributed by atoms with Crippen molar-refractivity contribution < 1.29 is 36.0 Å². The summed E-state index contributed by atoms with van der Waals surface area (Å²) in [6, 6.07) is 0. The van der Waals surface area contributed by atoms with Crippen molar-refractivity contribution in [3.8, 4) is 0 Å².